The molecule has 4 aromatic rings. The molecule has 2 aromatic carbocycles. The SMILES string of the molecule is CN1CC(C)(C)c2cc(-c3ccc(CO[C@H]4CCC[C@@H]4NC(=O)c4cc(-c5cnn(C)c5)cnc4N)cc3)ccc21. The van der Waals surface area contributed by atoms with E-state index in [1.807, 2.05) is 13.2 Å². The molecule has 1 aliphatic carbocycles. The predicted molar refractivity (Wildman–Crippen MR) is 163 cm³/mol. The Labute approximate surface area is 241 Å². The quantitative estimate of drug-likeness (QED) is 0.323. The molecule has 1 saturated carbocycles. The lowest BCUT2D eigenvalue weighted by atomic mass is 9.85. The third kappa shape index (κ3) is 5.44. The molecule has 1 fully saturated rings. The van der Waals surface area contributed by atoms with E-state index in [0.29, 0.717) is 12.2 Å². The van der Waals surface area contributed by atoms with E-state index >= 15 is 0 Å². The van der Waals surface area contributed by atoms with Crippen LogP contribution < -0.4 is 16.0 Å². The van der Waals surface area contributed by atoms with Gasteiger partial charge in [0.05, 0.1) is 30.5 Å². The zero-order valence-corrected chi connectivity index (χ0v) is 24.2. The monoisotopic (exact) mass is 550 g/mol. The molecule has 3 heterocycles. The average molecular weight is 551 g/mol. The summed E-state index contributed by atoms with van der Waals surface area (Å²) < 4.78 is 8.05. The number of hydrogen-bond donors (Lipinski definition) is 2. The van der Waals surface area contributed by atoms with Gasteiger partial charge < -0.3 is 20.7 Å². The first-order valence-electron chi connectivity index (χ1n) is 14.3. The molecule has 0 bridgehead atoms. The smallest absolute Gasteiger partial charge is 0.255 e. The Balaban J connectivity index is 1.09. The highest BCUT2D eigenvalue weighted by molar-refractivity contribution is 5.99. The number of fused-ring (bicyclic) bond motifs is 1. The Morgan fingerprint density at radius 3 is 2.56 bits per heavy atom. The van der Waals surface area contributed by atoms with E-state index < -0.39 is 0 Å². The maximum Gasteiger partial charge on any atom is 0.255 e. The van der Waals surface area contributed by atoms with Crippen molar-refractivity contribution in [3.05, 3.63) is 83.8 Å². The number of ether oxygens (including phenoxy) is 1. The number of rotatable bonds is 7. The summed E-state index contributed by atoms with van der Waals surface area (Å²) in [7, 11) is 4.01. The molecule has 8 heteroatoms. The number of carbonyl (C=O) groups is 1. The standard InChI is InChI=1S/C33H38N6O2/c1-33(2)20-38(3)29-13-12-23(15-27(29)33)22-10-8-21(9-11-22)19-41-30-7-5-6-28(30)37-32(40)26-14-24(16-35-31(26)34)25-17-36-39(4)18-25/h8-18,28,30H,5-7,19-20H2,1-4H3,(H2,34,35)(H,37,40)/t28-,30-/m0/s1. The van der Waals surface area contributed by atoms with Gasteiger partial charge in [0.15, 0.2) is 0 Å². The highest BCUT2D eigenvalue weighted by Crippen LogP contribution is 2.41. The second-order valence-corrected chi connectivity index (χ2v) is 12.1. The van der Waals surface area contributed by atoms with Crippen LogP contribution in [0.3, 0.4) is 0 Å². The summed E-state index contributed by atoms with van der Waals surface area (Å²) in [6, 6.07) is 17.1. The van der Waals surface area contributed by atoms with Gasteiger partial charge >= 0.3 is 0 Å². The molecule has 1 aliphatic heterocycles. The first-order chi connectivity index (χ1) is 19.7. The Kier molecular flexibility index (Phi) is 7.03. The number of hydrogen-bond acceptors (Lipinski definition) is 6. The van der Waals surface area contributed by atoms with Crippen molar-refractivity contribution in [2.75, 3.05) is 24.2 Å². The van der Waals surface area contributed by atoms with Gasteiger partial charge in [-0.2, -0.15) is 5.10 Å². The molecule has 3 N–H and O–H groups in total. The van der Waals surface area contributed by atoms with E-state index in [9.17, 15) is 4.79 Å². The third-order valence-electron chi connectivity index (χ3n) is 8.49. The minimum Gasteiger partial charge on any atom is -0.383 e. The molecule has 2 aromatic heterocycles. The highest BCUT2D eigenvalue weighted by atomic mass is 16.5. The number of likely N-dealkylation sites (N-methyl/N-ethyl adjacent to an activating group) is 1. The van der Waals surface area contributed by atoms with Gasteiger partial charge in [-0.15, -0.1) is 0 Å². The van der Waals surface area contributed by atoms with Gasteiger partial charge in [-0.1, -0.05) is 44.2 Å². The van der Waals surface area contributed by atoms with Crippen LogP contribution in [-0.2, 0) is 23.8 Å². The van der Waals surface area contributed by atoms with E-state index in [2.05, 4.69) is 83.7 Å². The molecule has 0 radical (unpaired) electrons. The van der Waals surface area contributed by atoms with E-state index in [4.69, 9.17) is 10.5 Å². The molecule has 0 spiro atoms. The highest BCUT2D eigenvalue weighted by Gasteiger charge is 2.33. The number of aromatic nitrogens is 3. The second-order valence-electron chi connectivity index (χ2n) is 12.1. The van der Waals surface area contributed by atoms with Crippen LogP contribution in [0.25, 0.3) is 22.3 Å². The lowest BCUT2D eigenvalue weighted by molar-refractivity contribution is 0.0272. The summed E-state index contributed by atoms with van der Waals surface area (Å²) >= 11 is 0. The van der Waals surface area contributed by atoms with Gasteiger partial charge in [-0.25, -0.2) is 4.98 Å². The molecular formula is C33H38N6O2. The number of carbonyl (C=O) groups excluding carboxylic acids is 1. The second kappa shape index (κ2) is 10.7. The molecule has 41 heavy (non-hydrogen) atoms. The molecule has 212 valence electrons. The zero-order chi connectivity index (χ0) is 28.7. The van der Waals surface area contributed by atoms with Crippen molar-refractivity contribution in [2.45, 2.75) is 57.3 Å². The predicted octanol–water partition coefficient (Wildman–Crippen LogP) is 5.33. The van der Waals surface area contributed by atoms with Gasteiger partial charge in [-0.05, 0) is 59.7 Å². The Hall–Kier alpha value is -4.17. The third-order valence-corrected chi connectivity index (χ3v) is 8.49. The van der Waals surface area contributed by atoms with Crippen LogP contribution in [0.2, 0.25) is 0 Å². The first-order valence-corrected chi connectivity index (χ1v) is 14.3. The number of nitrogens with one attached hydrogen (secondary N) is 1. The first kappa shape index (κ1) is 27.0. The van der Waals surface area contributed by atoms with Gasteiger partial charge in [0, 0.05) is 55.3 Å². The number of nitrogens with zero attached hydrogens (tertiary/aromatic N) is 4. The average Bonchev–Trinajstić information content (AvgIpc) is 3.65. The molecule has 8 nitrogen and oxygen atoms in total. The number of nitrogens with two attached hydrogens (primary N) is 1. The summed E-state index contributed by atoms with van der Waals surface area (Å²) in [6.45, 7) is 6.15. The zero-order valence-electron chi connectivity index (χ0n) is 24.2. The minimum atomic E-state index is -0.227. The molecule has 0 saturated heterocycles. The summed E-state index contributed by atoms with van der Waals surface area (Å²) in [6.07, 6.45) is 8.02. The summed E-state index contributed by atoms with van der Waals surface area (Å²) in [5.41, 5.74) is 14.6. The summed E-state index contributed by atoms with van der Waals surface area (Å²) in [5.74, 6) is -0.0149. The molecule has 0 unspecified atom stereocenters. The number of pyridine rings is 1. The van der Waals surface area contributed by atoms with Crippen molar-refractivity contribution in [3.63, 3.8) is 0 Å². The van der Waals surface area contributed by atoms with Crippen LogP contribution in [-0.4, -0.2) is 46.4 Å². The minimum absolute atomic E-state index is 0.0507. The van der Waals surface area contributed by atoms with Gasteiger partial charge in [0.2, 0.25) is 0 Å². The Bertz CT molecular complexity index is 1580. The lowest BCUT2D eigenvalue weighted by Crippen LogP contribution is -2.41. The van der Waals surface area contributed by atoms with Crippen LogP contribution >= 0.6 is 0 Å². The van der Waals surface area contributed by atoms with Crippen molar-refractivity contribution in [2.24, 2.45) is 7.05 Å². The van der Waals surface area contributed by atoms with Crippen LogP contribution in [0, 0.1) is 0 Å². The fourth-order valence-corrected chi connectivity index (χ4v) is 6.27. The molecule has 6 rings (SSSR count). The maximum absolute atomic E-state index is 13.2. The summed E-state index contributed by atoms with van der Waals surface area (Å²) in [4.78, 5) is 19.8. The Morgan fingerprint density at radius 1 is 1.02 bits per heavy atom. The van der Waals surface area contributed by atoms with Gasteiger partial charge in [0.25, 0.3) is 5.91 Å². The van der Waals surface area contributed by atoms with Crippen molar-refractivity contribution in [3.8, 4) is 22.3 Å². The lowest BCUT2D eigenvalue weighted by Gasteiger charge is -2.22. The van der Waals surface area contributed by atoms with Crippen molar-refractivity contribution in [1.29, 1.82) is 0 Å². The summed E-state index contributed by atoms with van der Waals surface area (Å²) in [5, 5.41) is 7.37. The largest absolute Gasteiger partial charge is 0.383 e. The normalized spacial score (nSPS) is 19.4. The fourth-order valence-electron chi connectivity index (χ4n) is 6.27. The molecule has 2 aliphatic rings. The number of anilines is 2. The number of benzene rings is 2. The van der Waals surface area contributed by atoms with Crippen LogP contribution in [0.1, 0.15) is 54.6 Å². The van der Waals surface area contributed by atoms with Gasteiger partial charge in [-0.3, -0.25) is 9.48 Å². The molecule has 2 atom stereocenters. The Morgan fingerprint density at radius 2 is 1.80 bits per heavy atom. The van der Waals surface area contributed by atoms with Crippen LogP contribution in [0.4, 0.5) is 11.5 Å². The van der Waals surface area contributed by atoms with Crippen molar-refractivity contribution in [1.82, 2.24) is 20.1 Å². The van der Waals surface area contributed by atoms with Crippen molar-refractivity contribution >= 4 is 17.4 Å². The fraction of sp³-hybridized carbons (Fsp3) is 0.364. The maximum atomic E-state index is 13.2. The van der Waals surface area contributed by atoms with Crippen LogP contribution in [0.15, 0.2) is 67.1 Å². The number of aryl methyl sites for hydroxylation is 1. The van der Waals surface area contributed by atoms with E-state index in [1.165, 1.54) is 22.4 Å². The topological polar surface area (TPSA) is 98.3 Å². The van der Waals surface area contributed by atoms with Crippen molar-refractivity contribution < 1.29 is 9.53 Å². The molecular weight excluding hydrogens is 512 g/mol. The van der Waals surface area contributed by atoms with Gasteiger partial charge in [0.1, 0.15) is 5.82 Å². The number of amides is 1. The molecule has 1 amide bonds. The van der Waals surface area contributed by atoms with Crippen LogP contribution in [0.5, 0.6) is 0 Å². The van der Waals surface area contributed by atoms with E-state index in [1.54, 1.807) is 23.1 Å². The van der Waals surface area contributed by atoms with E-state index in [-0.39, 0.29) is 29.3 Å². The van der Waals surface area contributed by atoms with E-state index in [0.717, 1.165) is 42.5 Å². The number of nitrogen functional groups attached to an aromatic ring is 1.